The van der Waals surface area contributed by atoms with Crippen LogP contribution in [0.4, 0.5) is 5.69 Å². The van der Waals surface area contributed by atoms with Crippen molar-refractivity contribution in [1.29, 1.82) is 0 Å². The molecule has 0 aliphatic carbocycles. The lowest BCUT2D eigenvalue weighted by Crippen LogP contribution is -2.46. The van der Waals surface area contributed by atoms with E-state index in [1.807, 2.05) is 35.2 Å². The molecule has 20 heavy (non-hydrogen) atoms. The highest BCUT2D eigenvalue weighted by molar-refractivity contribution is 5.93. The minimum absolute atomic E-state index is 0. The molecule has 3 nitrogen and oxygen atoms in total. The smallest absolute Gasteiger partial charge is 0.227 e. The summed E-state index contributed by atoms with van der Waals surface area (Å²) in [5, 5.41) is 0. The Morgan fingerprint density at radius 3 is 2.40 bits per heavy atom. The predicted octanol–water partition coefficient (Wildman–Crippen LogP) is 3.55. The van der Waals surface area contributed by atoms with Gasteiger partial charge in [0.05, 0.1) is 0 Å². The average molecular weight is 276 g/mol. The van der Waals surface area contributed by atoms with Gasteiger partial charge in [-0.15, -0.1) is 0 Å². The van der Waals surface area contributed by atoms with E-state index in [1.54, 1.807) is 0 Å². The number of hydrogen-bond acceptors (Lipinski definition) is 2. The summed E-state index contributed by atoms with van der Waals surface area (Å²) >= 11 is 0. The van der Waals surface area contributed by atoms with Gasteiger partial charge in [0, 0.05) is 18.2 Å². The maximum absolute atomic E-state index is 12.4. The zero-order valence-corrected chi connectivity index (χ0v) is 12.0. The summed E-state index contributed by atoms with van der Waals surface area (Å²) in [6, 6.07) is 10.5. The van der Waals surface area contributed by atoms with Crippen LogP contribution in [0.5, 0.6) is 0 Å². The summed E-state index contributed by atoms with van der Waals surface area (Å²) in [6.07, 6.45) is 3.69. The lowest BCUT2D eigenvalue weighted by Gasteiger charge is -2.37. The fourth-order valence-electron chi connectivity index (χ4n) is 2.73. The molecule has 112 valence electrons. The first-order valence-electron chi connectivity index (χ1n) is 7.28. The summed E-state index contributed by atoms with van der Waals surface area (Å²) < 4.78 is 0. The van der Waals surface area contributed by atoms with Crippen molar-refractivity contribution in [2.24, 2.45) is 0 Å². The first-order chi connectivity index (χ1) is 9.22. The molecule has 0 N–H and O–H groups in total. The molecule has 3 heteroatoms. The van der Waals surface area contributed by atoms with Crippen molar-refractivity contribution in [2.75, 3.05) is 25.0 Å². The summed E-state index contributed by atoms with van der Waals surface area (Å²) in [4.78, 5) is 16.8. The second kappa shape index (κ2) is 8.05. The Bertz CT molecular complexity index is 397. The molecule has 1 amide bonds. The Balaban J connectivity index is 0.00000200. The number of benzene rings is 1. The van der Waals surface area contributed by atoms with Gasteiger partial charge in [0.2, 0.25) is 5.91 Å². The van der Waals surface area contributed by atoms with Crippen molar-refractivity contribution in [2.45, 2.75) is 46.1 Å². The SMILES string of the molecule is C.CCCC(=O)N(c1ccccc1)C1CCN(C)CC1. The first kappa shape index (κ1) is 16.7. The summed E-state index contributed by atoms with van der Waals surface area (Å²) in [5.41, 5.74) is 1.05. The van der Waals surface area contributed by atoms with Gasteiger partial charge in [-0.25, -0.2) is 0 Å². The molecule has 1 saturated heterocycles. The number of piperidine rings is 1. The van der Waals surface area contributed by atoms with Crippen molar-refractivity contribution in [3.63, 3.8) is 0 Å². The van der Waals surface area contributed by atoms with E-state index >= 15 is 0 Å². The van der Waals surface area contributed by atoms with Gasteiger partial charge >= 0.3 is 0 Å². The Labute approximate surface area is 123 Å². The zero-order chi connectivity index (χ0) is 13.7. The third-order valence-electron chi connectivity index (χ3n) is 3.82. The van der Waals surface area contributed by atoms with Crippen LogP contribution >= 0.6 is 0 Å². The second-order valence-corrected chi connectivity index (χ2v) is 5.38. The van der Waals surface area contributed by atoms with E-state index in [-0.39, 0.29) is 13.3 Å². The van der Waals surface area contributed by atoms with Crippen LogP contribution < -0.4 is 4.90 Å². The summed E-state index contributed by atoms with van der Waals surface area (Å²) in [6.45, 7) is 4.22. The van der Waals surface area contributed by atoms with Crippen LogP contribution in [-0.4, -0.2) is 37.0 Å². The van der Waals surface area contributed by atoms with Crippen molar-refractivity contribution in [3.8, 4) is 0 Å². The number of carbonyl (C=O) groups is 1. The number of amides is 1. The molecular formula is C17H28N2O. The average Bonchev–Trinajstić information content (AvgIpc) is 2.43. The minimum Gasteiger partial charge on any atom is -0.309 e. The van der Waals surface area contributed by atoms with Gasteiger partial charge in [0.25, 0.3) is 0 Å². The van der Waals surface area contributed by atoms with Crippen LogP contribution in [0.3, 0.4) is 0 Å². The number of rotatable bonds is 4. The molecule has 1 aromatic rings. The quantitative estimate of drug-likeness (QED) is 0.839. The van der Waals surface area contributed by atoms with E-state index in [1.165, 1.54) is 0 Å². The van der Waals surface area contributed by atoms with Gasteiger partial charge in [0.15, 0.2) is 0 Å². The van der Waals surface area contributed by atoms with E-state index in [0.29, 0.717) is 12.5 Å². The Hall–Kier alpha value is -1.35. The molecule has 0 radical (unpaired) electrons. The molecule has 0 bridgehead atoms. The van der Waals surface area contributed by atoms with Gasteiger partial charge in [-0.05, 0) is 51.5 Å². The van der Waals surface area contributed by atoms with Gasteiger partial charge in [-0.1, -0.05) is 32.5 Å². The molecule has 0 aromatic heterocycles. The number of hydrogen-bond donors (Lipinski definition) is 0. The highest BCUT2D eigenvalue weighted by Crippen LogP contribution is 2.24. The molecule has 0 spiro atoms. The van der Waals surface area contributed by atoms with Crippen LogP contribution in [-0.2, 0) is 4.79 Å². The third kappa shape index (κ3) is 4.07. The third-order valence-corrected chi connectivity index (χ3v) is 3.82. The van der Waals surface area contributed by atoms with Crippen molar-refractivity contribution in [1.82, 2.24) is 4.90 Å². The van der Waals surface area contributed by atoms with Gasteiger partial charge < -0.3 is 9.80 Å². The molecule has 0 unspecified atom stereocenters. The van der Waals surface area contributed by atoms with E-state index in [9.17, 15) is 4.79 Å². The molecule has 0 saturated carbocycles. The fraction of sp³-hybridized carbons (Fsp3) is 0.588. The minimum atomic E-state index is 0. The molecular weight excluding hydrogens is 248 g/mol. The van der Waals surface area contributed by atoms with E-state index in [4.69, 9.17) is 0 Å². The maximum Gasteiger partial charge on any atom is 0.227 e. The maximum atomic E-state index is 12.4. The highest BCUT2D eigenvalue weighted by Gasteiger charge is 2.27. The zero-order valence-electron chi connectivity index (χ0n) is 12.0. The van der Waals surface area contributed by atoms with E-state index in [2.05, 4.69) is 18.9 Å². The van der Waals surface area contributed by atoms with E-state index < -0.39 is 0 Å². The normalized spacial score (nSPS) is 16.5. The Morgan fingerprint density at radius 1 is 1.25 bits per heavy atom. The first-order valence-corrected chi connectivity index (χ1v) is 7.28. The van der Waals surface area contributed by atoms with Crippen LogP contribution in [0.25, 0.3) is 0 Å². The lowest BCUT2D eigenvalue weighted by atomic mass is 10.0. The topological polar surface area (TPSA) is 23.6 Å². The molecule has 0 atom stereocenters. The number of nitrogens with zero attached hydrogens (tertiary/aromatic N) is 2. The molecule has 1 aliphatic rings. The van der Waals surface area contributed by atoms with Gasteiger partial charge in [-0.3, -0.25) is 4.79 Å². The molecule has 1 aliphatic heterocycles. The monoisotopic (exact) mass is 276 g/mol. The fourth-order valence-corrected chi connectivity index (χ4v) is 2.73. The number of para-hydroxylation sites is 1. The van der Waals surface area contributed by atoms with Crippen LogP contribution in [0, 0.1) is 0 Å². The van der Waals surface area contributed by atoms with Crippen LogP contribution in [0.15, 0.2) is 30.3 Å². The van der Waals surface area contributed by atoms with Crippen LogP contribution in [0.1, 0.15) is 40.0 Å². The van der Waals surface area contributed by atoms with Gasteiger partial charge in [-0.2, -0.15) is 0 Å². The standard InChI is InChI=1S/C16H24N2O.CH4/c1-3-7-16(19)18(14-8-5-4-6-9-14)15-10-12-17(2)13-11-15;/h4-6,8-9,15H,3,7,10-13H2,1-2H3;1H4. The van der Waals surface area contributed by atoms with Crippen LogP contribution in [0.2, 0.25) is 0 Å². The molecule has 1 heterocycles. The molecule has 2 rings (SSSR count). The van der Waals surface area contributed by atoms with E-state index in [0.717, 1.165) is 38.0 Å². The number of likely N-dealkylation sites (tertiary alicyclic amines) is 1. The highest BCUT2D eigenvalue weighted by atomic mass is 16.2. The predicted molar refractivity (Wildman–Crippen MR) is 86.1 cm³/mol. The number of anilines is 1. The Kier molecular flexibility index (Phi) is 6.73. The van der Waals surface area contributed by atoms with Gasteiger partial charge in [0.1, 0.15) is 0 Å². The number of carbonyl (C=O) groups excluding carboxylic acids is 1. The summed E-state index contributed by atoms with van der Waals surface area (Å²) in [7, 11) is 2.15. The second-order valence-electron chi connectivity index (χ2n) is 5.38. The Morgan fingerprint density at radius 2 is 1.85 bits per heavy atom. The van der Waals surface area contributed by atoms with Crippen molar-refractivity contribution in [3.05, 3.63) is 30.3 Å². The van der Waals surface area contributed by atoms with Crippen molar-refractivity contribution >= 4 is 11.6 Å². The summed E-state index contributed by atoms with van der Waals surface area (Å²) in [5.74, 6) is 0.267. The molecule has 1 fully saturated rings. The molecule has 1 aromatic carbocycles. The lowest BCUT2D eigenvalue weighted by molar-refractivity contribution is -0.119. The largest absolute Gasteiger partial charge is 0.309 e. The van der Waals surface area contributed by atoms with Crippen molar-refractivity contribution < 1.29 is 4.79 Å².